The van der Waals surface area contributed by atoms with Crippen LogP contribution in [-0.4, -0.2) is 13.7 Å². The number of ether oxygens (including phenoxy) is 1. The highest BCUT2D eigenvalue weighted by molar-refractivity contribution is 9.10. The van der Waals surface area contributed by atoms with Crippen molar-refractivity contribution in [1.82, 2.24) is 0 Å². The van der Waals surface area contributed by atoms with Crippen LogP contribution >= 0.6 is 15.9 Å². The molecule has 3 atom stereocenters. The molecule has 2 aliphatic rings. The fraction of sp³-hybridized carbons (Fsp3) is 0.467. The number of fused-ring (bicyclic) bond motifs is 2. The van der Waals surface area contributed by atoms with E-state index in [1.807, 2.05) is 12.1 Å². The molecule has 1 N–H and O–H groups in total. The van der Waals surface area contributed by atoms with Gasteiger partial charge in [-0.1, -0.05) is 12.2 Å². The predicted molar refractivity (Wildman–Crippen MR) is 78.0 cm³/mol. The first-order valence-electron chi connectivity index (χ1n) is 6.52. The third-order valence-corrected chi connectivity index (χ3v) is 4.79. The van der Waals surface area contributed by atoms with Gasteiger partial charge in [0.2, 0.25) is 0 Å². The van der Waals surface area contributed by atoms with Gasteiger partial charge in [0.05, 0.1) is 11.6 Å². The van der Waals surface area contributed by atoms with Crippen LogP contribution in [0.5, 0.6) is 5.75 Å². The Hall–Kier alpha value is -0.960. The van der Waals surface area contributed by atoms with Gasteiger partial charge in [-0.05, 0) is 58.7 Å². The van der Waals surface area contributed by atoms with E-state index in [0.717, 1.165) is 40.2 Å². The first-order valence-corrected chi connectivity index (χ1v) is 7.31. The summed E-state index contributed by atoms with van der Waals surface area (Å²) < 4.78 is 6.31. The minimum Gasteiger partial charge on any atom is -0.495 e. The van der Waals surface area contributed by atoms with Crippen molar-refractivity contribution in [2.45, 2.75) is 12.8 Å². The second-order valence-corrected chi connectivity index (χ2v) is 6.12. The number of rotatable bonds is 4. The molecule has 0 saturated heterocycles. The summed E-state index contributed by atoms with van der Waals surface area (Å²) in [5.74, 6) is 3.34. The van der Waals surface area contributed by atoms with Crippen LogP contribution in [0.3, 0.4) is 0 Å². The van der Waals surface area contributed by atoms with Gasteiger partial charge in [-0.25, -0.2) is 0 Å². The molecule has 0 heterocycles. The van der Waals surface area contributed by atoms with Gasteiger partial charge in [0, 0.05) is 18.3 Å². The lowest BCUT2D eigenvalue weighted by Gasteiger charge is -2.19. The molecule has 3 rings (SSSR count). The minimum absolute atomic E-state index is 0.801. The number of allylic oxidation sites excluding steroid dienone is 2. The Labute approximate surface area is 117 Å². The zero-order valence-electron chi connectivity index (χ0n) is 10.5. The molecular formula is C15H18BrNO. The fourth-order valence-corrected chi connectivity index (χ4v) is 3.56. The van der Waals surface area contributed by atoms with Crippen molar-refractivity contribution in [3.63, 3.8) is 0 Å². The SMILES string of the molecule is COc1cc(NCC2CC3C=CC2C3)ccc1Br. The molecule has 2 aliphatic carbocycles. The zero-order chi connectivity index (χ0) is 12.5. The summed E-state index contributed by atoms with van der Waals surface area (Å²) in [6.45, 7) is 1.07. The Balaban J connectivity index is 1.62. The topological polar surface area (TPSA) is 21.3 Å². The van der Waals surface area contributed by atoms with Crippen LogP contribution < -0.4 is 10.1 Å². The van der Waals surface area contributed by atoms with Gasteiger partial charge >= 0.3 is 0 Å². The molecule has 96 valence electrons. The second kappa shape index (κ2) is 4.96. The number of anilines is 1. The monoisotopic (exact) mass is 307 g/mol. The van der Waals surface area contributed by atoms with E-state index >= 15 is 0 Å². The van der Waals surface area contributed by atoms with Crippen molar-refractivity contribution in [2.75, 3.05) is 19.0 Å². The van der Waals surface area contributed by atoms with Crippen molar-refractivity contribution >= 4 is 21.6 Å². The van der Waals surface area contributed by atoms with E-state index in [1.165, 1.54) is 12.8 Å². The third-order valence-electron chi connectivity index (χ3n) is 4.14. The normalized spacial score (nSPS) is 28.7. The number of hydrogen-bond donors (Lipinski definition) is 1. The number of methoxy groups -OCH3 is 1. The molecule has 0 aliphatic heterocycles. The average molecular weight is 308 g/mol. The molecular weight excluding hydrogens is 290 g/mol. The van der Waals surface area contributed by atoms with Gasteiger partial charge < -0.3 is 10.1 Å². The second-order valence-electron chi connectivity index (χ2n) is 5.27. The van der Waals surface area contributed by atoms with E-state index in [1.54, 1.807) is 7.11 Å². The molecule has 0 amide bonds. The van der Waals surface area contributed by atoms with Gasteiger partial charge in [0.1, 0.15) is 5.75 Å². The molecule has 0 radical (unpaired) electrons. The van der Waals surface area contributed by atoms with E-state index in [0.29, 0.717) is 0 Å². The largest absolute Gasteiger partial charge is 0.495 e. The van der Waals surface area contributed by atoms with E-state index in [9.17, 15) is 0 Å². The van der Waals surface area contributed by atoms with Crippen molar-refractivity contribution in [2.24, 2.45) is 17.8 Å². The Kier molecular flexibility index (Phi) is 3.33. The summed E-state index contributed by atoms with van der Waals surface area (Å²) in [6, 6.07) is 6.17. The van der Waals surface area contributed by atoms with Crippen LogP contribution in [0.15, 0.2) is 34.8 Å². The lowest BCUT2D eigenvalue weighted by molar-refractivity contribution is 0.412. The van der Waals surface area contributed by atoms with Crippen LogP contribution in [-0.2, 0) is 0 Å². The standard InChI is InChI=1S/C15H18BrNO/c1-18-15-8-13(4-5-14(15)16)17-9-12-7-10-2-3-11(12)6-10/h2-5,8,10-12,17H,6-7,9H2,1H3. The van der Waals surface area contributed by atoms with E-state index in [-0.39, 0.29) is 0 Å². The van der Waals surface area contributed by atoms with Crippen molar-refractivity contribution < 1.29 is 4.74 Å². The highest BCUT2D eigenvalue weighted by Gasteiger charge is 2.35. The first-order chi connectivity index (χ1) is 8.76. The van der Waals surface area contributed by atoms with Crippen LogP contribution in [0.25, 0.3) is 0 Å². The number of nitrogens with one attached hydrogen (secondary N) is 1. The van der Waals surface area contributed by atoms with Crippen LogP contribution in [0.2, 0.25) is 0 Å². The lowest BCUT2D eigenvalue weighted by atomic mass is 9.93. The van der Waals surface area contributed by atoms with E-state index in [4.69, 9.17) is 4.74 Å². The van der Waals surface area contributed by atoms with Crippen LogP contribution in [0.4, 0.5) is 5.69 Å². The molecule has 0 spiro atoms. The maximum absolute atomic E-state index is 5.31. The summed E-state index contributed by atoms with van der Waals surface area (Å²) >= 11 is 3.47. The molecule has 1 aromatic carbocycles. The molecule has 18 heavy (non-hydrogen) atoms. The summed E-state index contributed by atoms with van der Waals surface area (Å²) in [7, 11) is 1.70. The van der Waals surface area contributed by atoms with Crippen LogP contribution in [0.1, 0.15) is 12.8 Å². The summed E-state index contributed by atoms with van der Waals surface area (Å²) in [4.78, 5) is 0. The minimum atomic E-state index is 0.801. The van der Waals surface area contributed by atoms with Gasteiger partial charge in [0.15, 0.2) is 0 Å². The molecule has 2 bridgehead atoms. The lowest BCUT2D eigenvalue weighted by Crippen LogP contribution is -2.18. The van der Waals surface area contributed by atoms with E-state index in [2.05, 4.69) is 39.5 Å². The Morgan fingerprint density at radius 3 is 2.89 bits per heavy atom. The molecule has 3 heteroatoms. The van der Waals surface area contributed by atoms with Gasteiger partial charge in [0.25, 0.3) is 0 Å². The van der Waals surface area contributed by atoms with Gasteiger partial charge in [-0.2, -0.15) is 0 Å². The molecule has 1 fully saturated rings. The molecule has 1 aromatic rings. The first kappa shape index (κ1) is 12.1. The van der Waals surface area contributed by atoms with Crippen LogP contribution in [0, 0.1) is 17.8 Å². The Bertz CT molecular complexity index is 472. The Morgan fingerprint density at radius 2 is 2.22 bits per heavy atom. The highest BCUT2D eigenvalue weighted by Crippen LogP contribution is 2.43. The maximum atomic E-state index is 5.31. The zero-order valence-corrected chi connectivity index (χ0v) is 12.1. The van der Waals surface area contributed by atoms with Gasteiger partial charge in [-0.3, -0.25) is 0 Å². The quantitative estimate of drug-likeness (QED) is 0.846. The summed E-state index contributed by atoms with van der Waals surface area (Å²) in [6.07, 6.45) is 7.52. The van der Waals surface area contributed by atoms with Crippen molar-refractivity contribution in [3.05, 3.63) is 34.8 Å². The third kappa shape index (κ3) is 2.28. The van der Waals surface area contributed by atoms with E-state index < -0.39 is 0 Å². The number of halogens is 1. The molecule has 3 unspecified atom stereocenters. The average Bonchev–Trinajstić information content (AvgIpc) is 3.00. The molecule has 1 saturated carbocycles. The summed E-state index contributed by atoms with van der Waals surface area (Å²) in [5.41, 5.74) is 1.14. The molecule has 0 aromatic heterocycles. The Morgan fingerprint density at radius 1 is 1.33 bits per heavy atom. The van der Waals surface area contributed by atoms with Crippen molar-refractivity contribution in [1.29, 1.82) is 0 Å². The molecule has 2 nitrogen and oxygen atoms in total. The smallest absolute Gasteiger partial charge is 0.135 e. The fourth-order valence-electron chi connectivity index (χ4n) is 3.15. The number of hydrogen-bond acceptors (Lipinski definition) is 2. The maximum Gasteiger partial charge on any atom is 0.135 e. The van der Waals surface area contributed by atoms with Crippen molar-refractivity contribution in [3.8, 4) is 5.75 Å². The predicted octanol–water partition coefficient (Wildman–Crippen LogP) is 4.08. The summed E-state index contributed by atoms with van der Waals surface area (Å²) in [5, 5.41) is 3.54. The van der Waals surface area contributed by atoms with Gasteiger partial charge in [-0.15, -0.1) is 0 Å². The number of benzene rings is 1. The highest BCUT2D eigenvalue weighted by atomic mass is 79.9.